The average molecular weight is 348 g/mol. The van der Waals surface area contributed by atoms with Crippen molar-refractivity contribution in [1.82, 2.24) is 5.32 Å². The first-order valence-corrected chi connectivity index (χ1v) is 7.12. The number of nitrogens with one attached hydrogen (secondary N) is 1. The SMILES string of the molecule is NC(=S)C(NC(=O)c1cc(Br)ccc1Cl)C1CC1. The maximum Gasteiger partial charge on any atom is 0.253 e. The second kappa shape index (κ2) is 5.55. The van der Waals surface area contributed by atoms with Gasteiger partial charge in [-0.1, -0.05) is 39.7 Å². The van der Waals surface area contributed by atoms with Crippen molar-refractivity contribution in [3.63, 3.8) is 0 Å². The van der Waals surface area contributed by atoms with E-state index in [9.17, 15) is 4.79 Å². The van der Waals surface area contributed by atoms with Gasteiger partial charge < -0.3 is 11.1 Å². The number of amides is 1. The Morgan fingerprint density at radius 3 is 2.78 bits per heavy atom. The first kappa shape index (κ1) is 13.8. The van der Waals surface area contributed by atoms with Crippen LogP contribution in [-0.4, -0.2) is 16.9 Å². The lowest BCUT2D eigenvalue weighted by Crippen LogP contribution is -2.45. The number of hydrogen-bond donors (Lipinski definition) is 2. The third-order valence-corrected chi connectivity index (χ3v) is 3.94. The summed E-state index contributed by atoms with van der Waals surface area (Å²) in [5, 5.41) is 3.26. The van der Waals surface area contributed by atoms with Gasteiger partial charge in [-0.2, -0.15) is 0 Å². The molecule has 0 radical (unpaired) electrons. The van der Waals surface area contributed by atoms with Gasteiger partial charge in [0.1, 0.15) is 0 Å². The molecule has 1 saturated carbocycles. The molecule has 3 N–H and O–H groups in total. The molecule has 96 valence electrons. The summed E-state index contributed by atoms with van der Waals surface area (Å²) in [6.07, 6.45) is 2.10. The number of nitrogens with two attached hydrogens (primary N) is 1. The number of benzene rings is 1. The highest BCUT2D eigenvalue weighted by atomic mass is 79.9. The van der Waals surface area contributed by atoms with Gasteiger partial charge in [0.15, 0.2) is 0 Å². The van der Waals surface area contributed by atoms with Gasteiger partial charge in [-0.05, 0) is 37.0 Å². The Labute approximate surface area is 124 Å². The van der Waals surface area contributed by atoms with Crippen molar-refractivity contribution in [2.24, 2.45) is 11.7 Å². The Morgan fingerprint density at radius 2 is 2.22 bits per heavy atom. The van der Waals surface area contributed by atoms with Crippen molar-refractivity contribution < 1.29 is 4.79 Å². The molecule has 1 atom stereocenters. The zero-order valence-corrected chi connectivity index (χ0v) is 12.6. The molecule has 0 heterocycles. The predicted octanol–water partition coefficient (Wildman–Crippen LogP) is 2.90. The monoisotopic (exact) mass is 346 g/mol. The average Bonchev–Trinajstić information content (AvgIpc) is 3.12. The number of carbonyl (C=O) groups excluding carboxylic acids is 1. The van der Waals surface area contributed by atoms with Crippen LogP contribution in [0.5, 0.6) is 0 Å². The standard InChI is InChI=1S/C12H12BrClN2OS/c13-7-3-4-9(14)8(5-7)12(17)16-10(11(15)18)6-1-2-6/h3-6,10H,1-2H2,(H2,15,18)(H,16,17). The maximum absolute atomic E-state index is 12.1. The molecule has 1 aromatic rings. The first-order chi connectivity index (χ1) is 8.49. The zero-order chi connectivity index (χ0) is 13.3. The van der Waals surface area contributed by atoms with Crippen LogP contribution >= 0.6 is 39.7 Å². The van der Waals surface area contributed by atoms with E-state index in [-0.39, 0.29) is 11.9 Å². The van der Waals surface area contributed by atoms with Crippen molar-refractivity contribution in [3.8, 4) is 0 Å². The molecule has 1 aliphatic carbocycles. The Kier molecular flexibility index (Phi) is 4.25. The maximum atomic E-state index is 12.1. The molecule has 0 bridgehead atoms. The van der Waals surface area contributed by atoms with Crippen LogP contribution in [-0.2, 0) is 0 Å². The fourth-order valence-corrected chi connectivity index (χ4v) is 2.56. The van der Waals surface area contributed by atoms with E-state index >= 15 is 0 Å². The van der Waals surface area contributed by atoms with Gasteiger partial charge in [-0.3, -0.25) is 4.79 Å². The number of halogens is 2. The molecule has 0 saturated heterocycles. The lowest BCUT2D eigenvalue weighted by Gasteiger charge is -2.17. The van der Waals surface area contributed by atoms with Crippen LogP contribution in [0.4, 0.5) is 0 Å². The molecule has 2 rings (SSSR count). The quantitative estimate of drug-likeness (QED) is 0.824. The van der Waals surface area contributed by atoms with E-state index < -0.39 is 0 Å². The highest BCUT2D eigenvalue weighted by Gasteiger charge is 2.34. The molecule has 0 aliphatic heterocycles. The van der Waals surface area contributed by atoms with Gasteiger partial charge in [0.25, 0.3) is 5.91 Å². The topological polar surface area (TPSA) is 55.1 Å². The summed E-state index contributed by atoms with van der Waals surface area (Å²) in [4.78, 5) is 12.5. The van der Waals surface area contributed by atoms with Crippen molar-refractivity contribution >= 4 is 50.6 Å². The van der Waals surface area contributed by atoms with Crippen LogP contribution in [0.2, 0.25) is 5.02 Å². The minimum Gasteiger partial charge on any atom is -0.392 e. The highest BCUT2D eigenvalue weighted by molar-refractivity contribution is 9.10. The van der Waals surface area contributed by atoms with Gasteiger partial charge in [0.05, 0.1) is 21.6 Å². The van der Waals surface area contributed by atoms with E-state index in [1.54, 1.807) is 18.2 Å². The number of rotatable bonds is 4. The van der Waals surface area contributed by atoms with Gasteiger partial charge >= 0.3 is 0 Å². The molecule has 1 unspecified atom stereocenters. The van der Waals surface area contributed by atoms with Gasteiger partial charge in [0.2, 0.25) is 0 Å². The number of thiocarbonyl (C=S) groups is 1. The van der Waals surface area contributed by atoms with E-state index in [0.717, 1.165) is 17.3 Å². The molecule has 0 aromatic heterocycles. The summed E-state index contributed by atoms with van der Waals surface area (Å²) < 4.78 is 0.801. The highest BCUT2D eigenvalue weighted by Crippen LogP contribution is 2.33. The molecule has 18 heavy (non-hydrogen) atoms. The summed E-state index contributed by atoms with van der Waals surface area (Å²) in [5.74, 6) is 0.128. The van der Waals surface area contributed by atoms with Crippen LogP contribution in [0, 0.1) is 5.92 Å². The van der Waals surface area contributed by atoms with E-state index in [1.807, 2.05) is 0 Å². The number of carbonyl (C=O) groups is 1. The molecule has 0 spiro atoms. The molecule has 1 fully saturated rings. The predicted molar refractivity (Wildman–Crippen MR) is 79.9 cm³/mol. The summed E-state index contributed by atoms with van der Waals surface area (Å²) in [6, 6.07) is 4.90. The van der Waals surface area contributed by atoms with Crippen molar-refractivity contribution in [2.75, 3.05) is 0 Å². The minimum absolute atomic E-state index is 0.234. The summed E-state index contributed by atoms with van der Waals surface area (Å²) in [5.41, 5.74) is 6.07. The molecular weight excluding hydrogens is 336 g/mol. The van der Waals surface area contributed by atoms with Gasteiger partial charge in [-0.15, -0.1) is 0 Å². The van der Waals surface area contributed by atoms with Crippen LogP contribution in [0.15, 0.2) is 22.7 Å². The third kappa shape index (κ3) is 3.22. The van der Waals surface area contributed by atoms with Gasteiger partial charge in [-0.25, -0.2) is 0 Å². The molecule has 3 nitrogen and oxygen atoms in total. The Hall–Kier alpha value is -0.650. The van der Waals surface area contributed by atoms with E-state index in [4.69, 9.17) is 29.6 Å². The molecule has 6 heteroatoms. The normalized spacial score (nSPS) is 16.1. The van der Waals surface area contributed by atoms with Crippen molar-refractivity contribution in [3.05, 3.63) is 33.3 Å². The van der Waals surface area contributed by atoms with Crippen molar-refractivity contribution in [2.45, 2.75) is 18.9 Å². The largest absolute Gasteiger partial charge is 0.392 e. The Balaban J connectivity index is 2.15. The zero-order valence-electron chi connectivity index (χ0n) is 9.45. The Morgan fingerprint density at radius 1 is 1.56 bits per heavy atom. The lowest BCUT2D eigenvalue weighted by molar-refractivity contribution is 0.0944. The van der Waals surface area contributed by atoms with Gasteiger partial charge in [0, 0.05) is 4.47 Å². The first-order valence-electron chi connectivity index (χ1n) is 5.54. The Bertz CT molecular complexity index is 505. The second-order valence-electron chi connectivity index (χ2n) is 4.32. The summed E-state index contributed by atoms with van der Waals surface area (Å²) in [6.45, 7) is 0. The molecule has 1 aromatic carbocycles. The van der Waals surface area contributed by atoms with Crippen LogP contribution in [0.3, 0.4) is 0 Å². The summed E-state index contributed by atoms with van der Waals surface area (Å²) >= 11 is 14.3. The van der Waals surface area contributed by atoms with Crippen LogP contribution < -0.4 is 11.1 Å². The van der Waals surface area contributed by atoms with E-state index in [1.165, 1.54) is 0 Å². The molecule has 1 amide bonds. The fraction of sp³-hybridized carbons (Fsp3) is 0.333. The summed E-state index contributed by atoms with van der Waals surface area (Å²) in [7, 11) is 0. The van der Waals surface area contributed by atoms with Crippen LogP contribution in [0.25, 0.3) is 0 Å². The van der Waals surface area contributed by atoms with Crippen LogP contribution in [0.1, 0.15) is 23.2 Å². The van der Waals surface area contributed by atoms with Crippen molar-refractivity contribution in [1.29, 1.82) is 0 Å². The smallest absolute Gasteiger partial charge is 0.253 e. The number of hydrogen-bond acceptors (Lipinski definition) is 2. The van der Waals surface area contributed by atoms with E-state index in [2.05, 4.69) is 21.2 Å². The lowest BCUT2D eigenvalue weighted by atomic mass is 10.1. The fourth-order valence-electron chi connectivity index (χ4n) is 1.74. The minimum atomic E-state index is -0.244. The molecular formula is C12H12BrClN2OS. The second-order valence-corrected chi connectivity index (χ2v) is 6.11. The van der Waals surface area contributed by atoms with E-state index in [0.29, 0.717) is 21.5 Å². The molecule has 1 aliphatic rings. The third-order valence-electron chi connectivity index (χ3n) is 2.86.